The predicted molar refractivity (Wildman–Crippen MR) is 92.7 cm³/mol. The number of aromatic nitrogens is 1. The number of hydrogen-bond donors (Lipinski definition) is 2. The molecule has 2 amide bonds. The van der Waals surface area contributed by atoms with Crippen molar-refractivity contribution in [1.29, 1.82) is 0 Å². The van der Waals surface area contributed by atoms with Gasteiger partial charge in [0.25, 0.3) is 17.4 Å². The molecule has 7 nitrogen and oxygen atoms in total. The lowest BCUT2D eigenvalue weighted by molar-refractivity contribution is 0.0994. The fourth-order valence-corrected chi connectivity index (χ4v) is 2.13. The first-order valence-electron chi connectivity index (χ1n) is 7.46. The Kier molecular flexibility index (Phi) is 4.47. The number of anilines is 2. The van der Waals surface area contributed by atoms with Gasteiger partial charge in [-0.3, -0.25) is 14.4 Å². The molecule has 0 saturated carbocycles. The fraction of sp³-hybridized carbons (Fsp3) is 0.0556. The molecule has 0 fully saturated rings. The number of carbonyl (C=O) groups is 2. The summed E-state index contributed by atoms with van der Waals surface area (Å²) in [6.07, 6.45) is 2.95. The van der Waals surface area contributed by atoms with Crippen LogP contribution in [0, 0.1) is 0 Å². The summed E-state index contributed by atoms with van der Waals surface area (Å²) in [4.78, 5) is 35.6. The monoisotopic (exact) mass is 337 g/mol. The third kappa shape index (κ3) is 3.84. The Morgan fingerprint density at radius 1 is 0.960 bits per heavy atom. The van der Waals surface area contributed by atoms with E-state index in [0.29, 0.717) is 11.4 Å². The van der Waals surface area contributed by atoms with Gasteiger partial charge in [0, 0.05) is 36.2 Å². The van der Waals surface area contributed by atoms with E-state index in [4.69, 9.17) is 4.42 Å². The normalized spacial score (nSPS) is 10.3. The zero-order valence-corrected chi connectivity index (χ0v) is 13.4. The van der Waals surface area contributed by atoms with Gasteiger partial charge in [-0.05, 0) is 42.5 Å². The molecule has 0 saturated heterocycles. The maximum absolute atomic E-state index is 12.2. The van der Waals surface area contributed by atoms with Gasteiger partial charge in [0.1, 0.15) is 0 Å². The average Bonchev–Trinajstić information content (AvgIpc) is 3.14. The zero-order valence-electron chi connectivity index (χ0n) is 13.4. The minimum atomic E-state index is -0.384. The summed E-state index contributed by atoms with van der Waals surface area (Å²) in [6, 6.07) is 12.6. The highest BCUT2D eigenvalue weighted by Crippen LogP contribution is 2.15. The van der Waals surface area contributed by atoms with Gasteiger partial charge in [-0.1, -0.05) is 0 Å². The largest absolute Gasteiger partial charge is 0.459 e. The number of nitrogens with zero attached hydrogens (tertiary/aromatic N) is 1. The standard InChI is InChI=1S/C18H15N3O4/c1-21-9-8-12(11-16(21)22)17(23)19-13-4-6-14(7-5-13)20-18(24)15-3-2-10-25-15/h2-11H,1H3,(H,19,23)(H,20,24). The highest BCUT2D eigenvalue weighted by Gasteiger charge is 2.10. The molecule has 0 bridgehead atoms. The lowest BCUT2D eigenvalue weighted by Gasteiger charge is -2.07. The molecule has 3 aromatic rings. The van der Waals surface area contributed by atoms with Crippen LogP contribution in [0.15, 0.2) is 70.2 Å². The molecule has 0 aliphatic carbocycles. The Balaban J connectivity index is 1.66. The van der Waals surface area contributed by atoms with E-state index in [1.165, 1.54) is 23.1 Å². The summed E-state index contributed by atoms with van der Waals surface area (Å²) in [5.74, 6) is -0.532. The molecule has 1 aromatic carbocycles. The lowest BCUT2D eigenvalue weighted by Crippen LogP contribution is -2.20. The molecular formula is C18H15N3O4. The second-order valence-corrected chi connectivity index (χ2v) is 5.33. The van der Waals surface area contributed by atoms with Crippen LogP contribution in [0.2, 0.25) is 0 Å². The van der Waals surface area contributed by atoms with E-state index >= 15 is 0 Å². The van der Waals surface area contributed by atoms with Crippen LogP contribution >= 0.6 is 0 Å². The van der Waals surface area contributed by atoms with Gasteiger partial charge in [-0.2, -0.15) is 0 Å². The number of hydrogen-bond acceptors (Lipinski definition) is 4. The summed E-state index contributed by atoms with van der Waals surface area (Å²) < 4.78 is 6.40. The van der Waals surface area contributed by atoms with E-state index in [1.54, 1.807) is 49.5 Å². The molecule has 25 heavy (non-hydrogen) atoms. The number of carbonyl (C=O) groups excluding carboxylic acids is 2. The van der Waals surface area contributed by atoms with Crippen molar-refractivity contribution in [3.8, 4) is 0 Å². The van der Waals surface area contributed by atoms with Crippen LogP contribution in [0.1, 0.15) is 20.9 Å². The van der Waals surface area contributed by atoms with Crippen molar-refractivity contribution in [2.24, 2.45) is 7.05 Å². The molecule has 0 unspecified atom stereocenters. The van der Waals surface area contributed by atoms with E-state index in [1.807, 2.05) is 0 Å². The fourth-order valence-electron chi connectivity index (χ4n) is 2.13. The van der Waals surface area contributed by atoms with Crippen LogP contribution in [0.25, 0.3) is 0 Å². The summed E-state index contributed by atoms with van der Waals surface area (Å²) in [5, 5.41) is 5.38. The van der Waals surface area contributed by atoms with Crippen molar-refractivity contribution >= 4 is 23.2 Å². The van der Waals surface area contributed by atoms with Crippen molar-refractivity contribution < 1.29 is 14.0 Å². The summed E-state index contributed by atoms with van der Waals surface area (Å²) in [7, 11) is 1.61. The van der Waals surface area contributed by atoms with Crippen molar-refractivity contribution in [3.63, 3.8) is 0 Å². The molecule has 7 heteroatoms. The molecule has 0 radical (unpaired) electrons. The van der Waals surface area contributed by atoms with Crippen LogP contribution < -0.4 is 16.2 Å². The van der Waals surface area contributed by atoms with Crippen LogP contribution in [0.4, 0.5) is 11.4 Å². The minimum absolute atomic E-state index is 0.211. The maximum Gasteiger partial charge on any atom is 0.291 e. The van der Waals surface area contributed by atoms with E-state index in [2.05, 4.69) is 10.6 Å². The predicted octanol–water partition coefficient (Wildman–Crippen LogP) is 2.48. The number of rotatable bonds is 4. The van der Waals surface area contributed by atoms with Crippen LogP contribution in [-0.4, -0.2) is 16.4 Å². The average molecular weight is 337 g/mol. The summed E-state index contributed by atoms with van der Waals surface area (Å²) >= 11 is 0. The molecule has 2 N–H and O–H groups in total. The Bertz CT molecular complexity index is 957. The van der Waals surface area contributed by atoms with Crippen molar-refractivity contribution in [2.75, 3.05) is 10.6 Å². The Labute approximate surface area is 142 Å². The Hall–Kier alpha value is -3.61. The Morgan fingerprint density at radius 2 is 1.60 bits per heavy atom. The number of furan rings is 1. The van der Waals surface area contributed by atoms with Gasteiger partial charge in [-0.15, -0.1) is 0 Å². The van der Waals surface area contributed by atoms with E-state index in [-0.39, 0.29) is 28.7 Å². The van der Waals surface area contributed by atoms with E-state index in [9.17, 15) is 14.4 Å². The quantitative estimate of drug-likeness (QED) is 0.765. The van der Waals surface area contributed by atoms with E-state index < -0.39 is 0 Å². The summed E-state index contributed by atoms with van der Waals surface area (Å²) in [6.45, 7) is 0. The maximum atomic E-state index is 12.2. The lowest BCUT2D eigenvalue weighted by atomic mass is 10.2. The van der Waals surface area contributed by atoms with Gasteiger partial charge >= 0.3 is 0 Å². The third-order valence-electron chi connectivity index (χ3n) is 3.51. The summed E-state index contributed by atoms with van der Waals surface area (Å²) in [5.41, 5.74) is 1.12. The molecule has 0 atom stereocenters. The molecule has 0 aliphatic heterocycles. The molecule has 3 rings (SSSR count). The number of benzene rings is 1. The van der Waals surface area contributed by atoms with Crippen molar-refractivity contribution in [2.45, 2.75) is 0 Å². The van der Waals surface area contributed by atoms with Crippen LogP contribution in [0.3, 0.4) is 0 Å². The van der Waals surface area contributed by atoms with E-state index in [0.717, 1.165) is 0 Å². The minimum Gasteiger partial charge on any atom is -0.459 e. The van der Waals surface area contributed by atoms with Crippen molar-refractivity contribution in [3.05, 3.63) is 82.7 Å². The molecule has 2 aromatic heterocycles. The molecule has 0 spiro atoms. The number of aryl methyl sites for hydroxylation is 1. The van der Waals surface area contributed by atoms with Gasteiger partial charge in [0.15, 0.2) is 5.76 Å². The van der Waals surface area contributed by atoms with Gasteiger partial charge in [-0.25, -0.2) is 0 Å². The number of amides is 2. The highest BCUT2D eigenvalue weighted by atomic mass is 16.3. The third-order valence-corrected chi connectivity index (χ3v) is 3.51. The SMILES string of the molecule is Cn1ccc(C(=O)Nc2ccc(NC(=O)c3ccco3)cc2)cc1=O. The number of nitrogens with one attached hydrogen (secondary N) is 2. The topological polar surface area (TPSA) is 93.3 Å². The van der Waals surface area contributed by atoms with Gasteiger partial charge in [0.05, 0.1) is 6.26 Å². The Morgan fingerprint density at radius 3 is 2.16 bits per heavy atom. The highest BCUT2D eigenvalue weighted by molar-refractivity contribution is 6.05. The first-order chi connectivity index (χ1) is 12.0. The number of pyridine rings is 1. The van der Waals surface area contributed by atoms with Crippen LogP contribution in [-0.2, 0) is 7.05 Å². The van der Waals surface area contributed by atoms with Gasteiger partial charge < -0.3 is 19.6 Å². The first-order valence-corrected chi connectivity index (χ1v) is 7.46. The molecule has 0 aliphatic rings. The second kappa shape index (κ2) is 6.88. The second-order valence-electron chi connectivity index (χ2n) is 5.33. The zero-order chi connectivity index (χ0) is 17.8. The first kappa shape index (κ1) is 16.3. The van der Waals surface area contributed by atoms with Gasteiger partial charge in [0.2, 0.25) is 0 Å². The molecule has 2 heterocycles. The molecular weight excluding hydrogens is 322 g/mol. The molecule has 126 valence electrons. The van der Waals surface area contributed by atoms with Crippen molar-refractivity contribution in [1.82, 2.24) is 4.57 Å². The van der Waals surface area contributed by atoms with Crippen LogP contribution in [0.5, 0.6) is 0 Å². The smallest absolute Gasteiger partial charge is 0.291 e.